The molecule has 2 heterocycles. The molecule has 1 aromatic carbocycles. The van der Waals surface area contributed by atoms with Crippen LogP contribution in [0.2, 0.25) is 0 Å². The van der Waals surface area contributed by atoms with Crippen molar-refractivity contribution in [3.63, 3.8) is 0 Å². The molecule has 0 bridgehead atoms. The van der Waals surface area contributed by atoms with Gasteiger partial charge in [-0.25, -0.2) is 4.98 Å². The second kappa shape index (κ2) is 6.51. The second-order valence-corrected chi connectivity index (χ2v) is 7.70. The smallest absolute Gasteiger partial charge is 0.354 e. The Kier molecular flexibility index (Phi) is 4.05. The first kappa shape index (κ1) is 18.0. The largest absolute Gasteiger partial charge is 0.416 e. The molecule has 0 saturated carbocycles. The van der Waals surface area contributed by atoms with E-state index in [2.05, 4.69) is 46.0 Å². The maximum Gasteiger partial charge on any atom is 0.416 e. The summed E-state index contributed by atoms with van der Waals surface area (Å²) >= 11 is 0. The number of aryl methyl sites for hydroxylation is 1. The van der Waals surface area contributed by atoms with Crippen molar-refractivity contribution in [2.24, 2.45) is 7.05 Å². The minimum Gasteiger partial charge on any atom is -0.354 e. The first-order valence-corrected chi connectivity index (χ1v) is 9.71. The third-order valence-electron chi connectivity index (χ3n) is 5.87. The Balaban J connectivity index is 1.43. The van der Waals surface area contributed by atoms with Crippen molar-refractivity contribution in [1.29, 1.82) is 0 Å². The van der Waals surface area contributed by atoms with Gasteiger partial charge >= 0.3 is 6.18 Å². The molecule has 2 aromatic heterocycles. The predicted molar refractivity (Wildman–Crippen MR) is 108 cm³/mol. The monoisotopic (exact) mass is 395 g/mol. The van der Waals surface area contributed by atoms with Crippen LogP contribution >= 0.6 is 0 Å². The van der Waals surface area contributed by atoms with Crippen molar-refractivity contribution < 1.29 is 13.2 Å². The van der Waals surface area contributed by atoms with Gasteiger partial charge in [-0.3, -0.25) is 0 Å². The number of nitrogens with zero attached hydrogens (tertiary/aromatic N) is 2. The van der Waals surface area contributed by atoms with E-state index in [4.69, 9.17) is 0 Å². The Morgan fingerprint density at radius 2 is 1.72 bits per heavy atom. The SMILES string of the molecule is Cn1ccc2c1CCC(C1=CC=C(c3nc4ccc(C(F)(F)F)cc4[nH]3)CC1)=C2. The molecule has 0 radical (unpaired) electrons. The van der Waals surface area contributed by atoms with E-state index in [0.29, 0.717) is 16.9 Å². The number of hydrogen-bond donors (Lipinski definition) is 1. The molecule has 0 spiro atoms. The zero-order valence-electron chi connectivity index (χ0n) is 16.0. The quantitative estimate of drug-likeness (QED) is 0.563. The summed E-state index contributed by atoms with van der Waals surface area (Å²) in [6.07, 6.45) is 8.01. The topological polar surface area (TPSA) is 33.6 Å². The zero-order chi connectivity index (χ0) is 20.2. The molecule has 3 aromatic rings. The highest BCUT2D eigenvalue weighted by molar-refractivity contribution is 5.80. The van der Waals surface area contributed by atoms with Gasteiger partial charge < -0.3 is 9.55 Å². The molecular formula is C23H20F3N3. The number of fused-ring (bicyclic) bond motifs is 2. The first-order valence-electron chi connectivity index (χ1n) is 9.71. The van der Waals surface area contributed by atoms with Crippen molar-refractivity contribution in [1.82, 2.24) is 14.5 Å². The first-order chi connectivity index (χ1) is 13.9. The molecule has 0 saturated heterocycles. The molecule has 5 rings (SSSR count). The summed E-state index contributed by atoms with van der Waals surface area (Å²) in [6, 6.07) is 5.78. The van der Waals surface area contributed by atoms with Gasteiger partial charge in [-0.05, 0) is 78.3 Å². The Hall–Kier alpha value is -3.02. The van der Waals surface area contributed by atoms with E-state index < -0.39 is 11.7 Å². The van der Waals surface area contributed by atoms with Crippen LogP contribution in [0, 0.1) is 0 Å². The summed E-state index contributed by atoms with van der Waals surface area (Å²) in [6.45, 7) is 0. The number of alkyl halides is 3. The van der Waals surface area contributed by atoms with Gasteiger partial charge in [0.2, 0.25) is 0 Å². The van der Waals surface area contributed by atoms with Crippen LogP contribution in [0.25, 0.3) is 22.7 Å². The van der Waals surface area contributed by atoms with Gasteiger partial charge in [-0.15, -0.1) is 0 Å². The normalized spacial score (nSPS) is 17.0. The fraction of sp³-hybridized carbons (Fsp3) is 0.261. The molecule has 2 aliphatic rings. The van der Waals surface area contributed by atoms with Crippen LogP contribution in [-0.2, 0) is 19.6 Å². The number of aromatic amines is 1. The molecule has 6 heteroatoms. The highest BCUT2D eigenvalue weighted by atomic mass is 19.4. The van der Waals surface area contributed by atoms with Crippen molar-refractivity contribution in [2.45, 2.75) is 31.9 Å². The van der Waals surface area contributed by atoms with E-state index in [0.717, 1.165) is 43.4 Å². The standard InChI is InChI=1S/C23H20F3N3/c1-29-11-10-17-12-16(6-9-21(17)29)14-2-4-15(5-3-14)22-27-19-8-7-18(23(24,25)26)13-20(19)28-22/h2,4,7-8,10-13H,3,5-6,9H2,1H3,(H,27,28). The molecule has 0 fully saturated rings. The lowest BCUT2D eigenvalue weighted by Gasteiger charge is -2.20. The van der Waals surface area contributed by atoms with Gasteiger partial charge in [0.25, 0.3) is 0 Å². The second-order valence-electron chi connectivity index (χ2n) is 7.70. The zero-order valence-corrected chi connectivity index (χ0v) is 16.0. The number of halogens is 3. The fourth-order valence-electron chi connectivity index (χ4n) is 4.24. The van der Waals surface area contributed by atoms with Crippen LogP contribution < -0.4 is 0 Å². The van der Waals surface area contributed by atoms with Crippen molar-refractivity contribution >= 4 is 22.7 Å². The van der Waals surface area contributed by atoms with Crippen molar-refractivity contribution in [3.05, 3.63) is 76.4 Å². The molecule has 1 N–H and O–H groups in total. The van der Waals surface area contributed by atoms with Gasteiger partial charge in [0, 0.05) is 18.9 Å². The average molecular weight is 395 g/mol. The number of rotatable bonds is 2. The number of nitrogens with one attached hydrogen (secondary N) is 1. The Labute approximate surface area is 166 Å². The van der Waals surface area contributed by atoms with Gasteiger partial charge in [0.05, 0.1) is 16.6 Å². The van der Waals surface area contributed by atoms with Crippen LogP contribution in [0.15, 0.2) is 53.8 Å². The molecule has 0 aliphatic heterocycles. The van der Waals surface area contributed by atoms with E-state index in [9.17, 15) is 13.2 Å². The molecular weight excluding hydrogens is 375 g/mol. The predicted octanol–water partition coefficient (Wildman–Crippen LogP) is 6.05. The fourth-order valence-corrected chi connectivity index (χ4v) is 4.24. The van der Waals surface area contributed by atoms with Gasteiger partial charge in [0.15, 0.2) is 0 Å². The molecule has 3 nitrogen and oxygen atoms in total. The summed E-state index contributed by atoms with van der Waals surface area (Å²) in [5, 5.41) is 0. The Morgan fingerprint density at radius 1 is 0.966 bits per heavy atom. The minimum absolute atomic E-state index is 0.414. The third-order valence-corrected chi connectivity index (χ3v) is 5.87. The van der Waals surface area contributed by atoms with Crippen molar-refractivity contribution in [2.75, 3.05) is 0 Å². The maximum absolute atomic E-state index is 12.9. The Morgan fingerprint density at radius 3 is 2.48 bits per heavy atom. The number of imidazole rings is 1. The number of hydrogen-bond acceptors (Lipinski definition) is 1. The van der Waals surface area contributed by atoms with Crippen LogP contribution in [-0.4, -0.2) is 14.5 Å². The van der Waals surface area contributed by atoms with Crippen LogP contribution in [0.5, 0.6) is 0 Å². The highest BCUT2D eigenvalue weighted by Crippen LogP contribution is 2.36. The number of aromatic nitrogens is 3. The minimum atomic E-state index is -4.35. The lowest BCUT2D eigenvalue weighted by atomic mass is 9.86. The molecule has 0 atom stereocenters. The van der Waals surface area contributed by atoms with E-state index in [-0.39, 0.29) is 0 Å². The molecule has 2 aliphatic carbocycles. The molecule has 29 heavy (non-hydrogen) atoms. The van der Waals surface area contributed by atoms with Gasteiger partial charge in [0.1, 0.15) is 5.82 Å². The lowest BCUT2D eigenvalue weighted by molar-refractivity contribution is -0.137. The highest BCUT2D eigenvalue weighted by Gasteiger charge is 2.30. The van der Waals surface area contributed by atoms with Gasteiger partial charge in [-0.2, -0.15) is 13.2 Å². The summed E-state index contributed by atoms with van der Waals surface area (Å²) in [5.74, 6) is 0.651. The summed E-state index contributed by atoms with van der Waals surface area (Å²) in [4.78, 5) is 7.55. The molecule has 148 valence electrons. The van der Waals surface area contributed by atoms with Gasteiger partial charge in [-0.1, -0.05) is 12.2 Å². The average Bonchev–Trinajstić information content (AvgIpc) is 3.30. The summed E-state index contributed by atoms with van der Waals surface area (Å²) in [7, 11) is 2.08. The molecule has 0 amide bonds. The lowest BCUT2D eigenvalue weighted by Crippen LogP contribution is -2.06. The number of H-pyrrole nitrogens is 1. The summed E-state index contributed by atoms with van der Waals surface area (Å²) in [5.41, 5.74) is 6.70. The number of allylic oxidation sites excluding steroid dienone is 5. The van der Waals surface area contributed by atoms with E-state index in [1.807, 2.05) is 6.08 Å². The van der Waals surface area contributed by atoms with E-state index in [1.54, 1.807) is 0 Å². The summed E-state index contributed by atoms with van der Waals surface area (Å²) < 4.78 is 41.0. The van der Waals surface area contributed by atoms with Crippen molar-refractivity contribution in [3.8, 4) is 0 Å². The van der Waals surface area contributed by atoms with Crippen LogP contribution in [0.1, 0.15) is 41.9 Å². The van der Waals surface area contributed by atoms with Crippen LogP contribution in [0.3, 0.4) is 0 Å². The third kappa shape index (κ3) is 3.22. The number of benzene rings is 1. The molecule has 0 unspecified atom stereocenters. The maximum atomic E-state index is 12.9. The van der Waals surface area contributed by atoms with E-state index >= 15 is 0 Å². The Bertz CT molecular complexity index is 1200. The van der Waals surface area contributed by atoms with E-state index in [1.165, 1.54) is 28.5 Å². The van der Waals surface area contributed by atoms with Crippen LogP contribution in [0.4, 0.5) is 13.2 Å².